The minimum Gasteiger partial charge on any atom is -0.377 e. The van der Waals surface area contributed by atoms with Crippen LogP contribution >= 0.6 is 12.2 Å². The summed E-state index contributed by atoms with van der Waals surface area (Å²) in [5.74, 6) is 0. The third-order valence-corrected chi connectivity index (χ3v) is 3.87. The quantitative estimate of drug-likeness (QED) is 0.491. The van der Waals surface area contributed by atoms with Crippen molar-refractivity contribution in [1.29, 1.82) is 0 Å². The van der Waals surface area contributed by atoms with Gasteiger partial charge in [0.15, 0.2) is 5.11 Å². The minimum absolute atomic E-state index is 0.000000000000000222. The Hall–Kier alpha value is -2.91. The second-order valence-corrected chi connectivity index (χ2v) is 5.93. The van der Waals surface area contributed by atoms with Gasteiger partial charge in [-0.05, 0) is 44.9 Å². The van der Waals surface area contributed by atoms with Crippen LogP contribution in [0.2, 0.25) is 0 Å². The Morgan fingerprint density at radius 2 is 0.875 bits per heavy atom. The maximum absolute atomic E-state index is 4.62. The molecular formula is C21H18N2S. The van der Waals surface area contributed by atoms with Crippen LogP contribution in [0.15, 0.2) is 84.9 Å². The molecule has 0 aliphatic carbocycles. The fourth-order valence-corrected chi connectivity index (χ4v) is 2.92. The van der Waals surface area contributed by atoms with E-state index in [0.717, 1.165) is 0 Å². The van der Waals surface area contributed by atoms with E-state index in [0.29, 0.717) is 0 Å². The van der Waals surface area contributed by atoms with Gasteiger partial charge in [0.05, 0.1) is 0 Å². The van der Waals surface area contributed by atoms with Crippen molar-refractivity contribution in [2.45, 2.75) is 0 Å². The van der Waals surface area contributed by atoms with Crippen molar-refractivity contribution in [3.8, 4) is 11.1 Å². The van der Waals surface area contributed by atoms with Gasteiger partial charge in [0.2, 0.25) is 0 Å². The lowest BCUT2D eigenvalue weighted by molar-refractivity contribution is 1.65. The number of fused-ring (bicyclic) bond motifs is 2. The van der Waals surface area contributed by atoms with E-state index in [4.69, 9.17) is 0 Å². The van der Waals surface area contributed by atoms with Crippen molar-refractivity contribution in [1.82, 2.24) is 0 Å². The highest BCUT2D eigenvalue weighted by atomic mass is 32.1. The lowest BCUT2D eigenvalue weighted by atomic mass is 9.94. The Labute approximate surface area is 146 Å². The van der Waals surface area contributed by atoms with Crippen molar-refractivity contribution in [2.75, 3.05) is 0 Å². The molecule has 0 atom stereocenters. The minimum atomic E-state index is 0.000000000000000222. The predicted molar refractivity (Wildman–Crippen MR) is 108 cm³/mol. The number of hydrogen-bond acceptors (Lipinski definition) is 1. The van der Waals surface area contributed by atoms with Crippen molar-refractivity contribution in [3.05, 3.63) is 84.9 Å². The van der Waals surface area contributed by atoms with Crippen LogP contribution in [0.5, 0.6) is 0 Å². The zero-order chi connectivity index (χ0) is 16.9. The Bertz CT molecular complexity index is 917. The Kier molecular flexibility index (Phi) is 4.73. The highest BCUT2D eigenvalue weighted by molar-refractivity contribution is 7.80. The zero-order valence-electron chi connectivity index (χ0n) is 13.1. The highest BCUT2D eigenvalue weighted by Crippen LogP contribution is 2.33. The monoisotopic (exact) mass is 330 g/mol. The molecule has 0 aliphatic heterocycles. The van der Waals surface area contributed by atoms with E-state index in [-0.39, 0.29) is 5.11 Å². The van der Waals surface area contributed by atoms with Crippen LogP contribution in [0.4, 0.5) is 0 Å². The van der Waals surface area contributed by atoms with Gasteiger partial charge in [-0.3, -0.25) is 0 Å². The summed E-state index contributed by atoms with van der Waals surface area (Å²) in [5, 5.41) is 5.20. The normalized spacial score (nSPS) is 10.2. The van der Waals surface area contributed by atoms with Gasteiger partial charge in [0, 0.05) is 0 Å². The Balaban J connectivity index is 0.000000383. The fraction of sp³-hybridized carbons (Fsp3) is 0. The molecule has 118 valence electrons. The third-order valence-electron chi connectivity index (χ3n) is 3.87. The molecule has 0 fully saturated rings. The molecule has 0 radical (unpaired) electrons. The first-order chi connectivity index (χ1) is 11.7. The van der Waals surface area contributed by atoms with E-state index in [9.17, 15) is 0 Å². The number of hydrogen-bond donors (Lipinski definition) is 2. The van der Waals surface area contributed by atoms with E-state index in [1.165, 1.54) is 32.7 Å². The number of rotatable bonds is 1. The van der Waals surface area contributed by atoms with Crippen LogP contribution in [0.1, 0.15) is 0 Å². The number of thiocarbonyl (C=S) groups is 1. The molecule has 2 nitrogen and oxygen atoms in total. The number of benzene rings is 4. The smallest absolute Gasteiger partial charge is 0.160 e. The maximum Gasteiger partial charge on any atom is 0.160 e. The lowest BCUT2D eigenvalue weighted by Gasteiger charge is -2.10. The summed E-state index contributed by atoms with van der Waals surface area (Å²) in [5.41, 5.74) is 11.9. The van der Waals surface area contributed by atoms with Gasteiger partial charge in [0.25, 0.3) is 0 Å². The standard InChI is InChI=1S/C20H14.CH4N2S/c1-3-11-17-15(7-1)9-5-13-19(17)20-14-6-10-16-8-2-4-12-18(16)20;2-1(3)4/h1-14H;(H4,2,3,4). The van der Waals surface area contributed by atoms with Crippen molar-refractivity contribution in [2.24, 2.45) is 11.5 Å². The van der Waals surface area contributed by atoms with Gasteiger partial charge >= 0.3 is 0 Å². The molecule has 0 heterocycles. The third kappa shape index (κ3) is 3.36. The first kappa shape index (κ1) is 16.0. The molecule has 0 saturated carbocycles. The predicted octanol–water partition coefficient (Wildman–Crippen LogP) is 4.85. The molecule has 4 aromatic carbocycles. The second-order valence-electron chi connectivity index (χ2n) is 5.46. The van der Waals surface area contributed by atoms with Crippen LogP contribution in [0.3, 0.4) is 0 Å². The Morgan fingerprint density at radius 3 is 1.29 bits per heavy atom. The van der Waals surface area contributed by atoms with Gasteiger partial charge in [-0.2, -0.15) is 0 Å². The summed E-state index contributed by atoms with van der Waals surface area (Å²) in [7, 11) is 0. The first-order valence-corrected chi connectivity index (χ1v) is 8.08. The summed E-state index contributed by atoms with van der Waals surface area (Å²) in [6.07, 6.45) is 0. The van der Waals surface area contributed by atoms with Crippen molar-refractivity contribution < 1.29 is 0 Å². The average molecular weight is 330 g/mol. The molecule has 4 rings (SSSR count). The molecule has 4 N–H and O–H groups in total. The SMILES string of the molecule is NC(N)=S.c1ccc2c(-c3cccc4ccccc34)cccc2c1. The van der Waals surface area contributed by atoms with Crippen LogP contribution in [0, 0.1) is 0 Å². The summed E-state index contributed by atoms with van der Waals surface area (Å²) in [6.45, 7) is 0. The summed E-state index contributed by atoms with van der Waals surface area (Å²) in [6, 6.07) is 30.2. The van der Waals surface area contributed by atoms with E-state index >= 15 is 0 Å². The zero-order valence-corrected chi connectivity index (χ0v) is 14.0. The summed E-state index contributed by atoms with van der Waals surface area (Å²) >= 11 is 4.09. The van der Waals surface area contributed by atoms with E-state index < -0.39 is 0 Å². The molecule has 0 saturated heterocycles. The largest absolute Gasteiger partial charge is 0.377 e. The molecule has 0 bridgehead atoms. The van der Waals surface area contributed by atoms with Crippen molar-refractivity contribution in [3.63, 3.8) is 0 Å². The van der Waals surface area contributed by atoms with E-state index in [1.807, 2.05) is 0 Å². The average Bonchev–Trinajstić information content (AvgIpc) is 2.60. The number of nitrogens with two attached hydrogens (primary N) is 2. The molecule has 0 aliphatic rings. The molecule has 4 aromatic rings. The molecule has 0 unspecified atom stereocenters. The van der Waals surface area contributed by atoms with E-state index in [2.05, 4.69) is 109 Å². The van der Waals surface area contributed by atoms with Crippen molar-refractivity contribution >= 4 is 38.9 Å². The van der Waals surface area contributed by atoms with Gasteiger partial charge in [-0.25, -0.2) is 0 Å². The van der Waals surface area contributed by atoms with E-state index in [1.54, 1.807) is 0 Å². The maximum atomic E-state index is 4.62. The molecular weight excluding hydrogens is 312 g/mol. The van der Waals surface area contributed by atoms with Gasteiger partial charge in [-0.1, -0.05) is 84.9 Å². The first-order valence-electron chi connectivity index (χ1n) is 7.67. The molecule has 0 spiro atoms. The molecule has 3 heteroatoms. The van der Waals surface area contributed by atoms with Gasteiger partial charge in [-0.15, -0.1) is 0 Å². The Morgan fingerprint density at radius 1 is 0.542 bits per heavy atom. The van der Waals surface area contributed by atoms with Crippen LogP contribution in [-0.2, 0) is 0 Å². The van der Waals surface area contributed by atoms with Gasteiger partial charge in [0.1, 0.15) is 0 Å². The molecule has 0 amide bonds. The molecule has 0 aromatic heterocycles. The van der Waals surface area contributed by atoms with Gasteiger partial charge < -0.3 is 11.5 Å². The summed E-state index contributed by atoms with van der Waals surface area (Å²) < 4.78 is 0. The topological polar surface area (TPSA) is 52.0 Å². The molecule has 24 heavy (non-hydrogen) atoms. The van der Waals surface area contributed by atoms with Crippen LogP contribution in [0.25, 0.3) is 32.7 Å². The lowest BCUT2D eigenvalue weighted by Crippen LogP contribution is -2.18. The fourth-order valence-electron chi connectivity index (χ4n) is 2.92. The highest BCUT2D eigenvalue weighted by Gasteiger charge is 2.06. The van der Waals surface area contributed by atoms with Crippen LogP contribution < -0.4 is 11.5 Å². The summed E-state index contributed by atoms with van der Waals surface area (Å²) in [4.78, 5) is 0. The van der Waals surface area contributed by atoms with Crippen LogP contribution in [-0.4, -0.2) is 5.11 Å². The second kappa shape index (κ2) is 7.11.